The smallest absolute Gasteiger partial charge is 0.219 e. The van der Waals surface area contributed by atoms with Crippen LogP contribution in [0.2, 0.25) is 0 Å². The number of rotatable bonds is 2. The maximum absolute atomic E-state index is 5.14. The summed E-state index contributed by atoms with van der Waals surface area (Å²) in [5.74, 6) is 0. The Morgan fingerprint density at radius 2 is 2.50 bits per heavy atom. The van der Waals surface area contributed by atoms with Gasteiger partial charge in [0.1, 0.15) is 12.1 Å². The van der Waals surface area contributed by atoms with E-state index in [1.807, 2.05) is 19.1 Å². The van der Waals surface area contributed by atoms with Crippen molar-refractivity contribution in [2.24, 2.45) is 0 Å². The second-order valence-corrected chi connectivity index (χ2v) is 2.23. The number of fused-ring (bicyclic) bond motifs is 1. The number of hydrogen-bond acceptors (Lipinski definition) is 4. The van der Waals surface area contributed by atoms with Gasteiger partial charge in [0.2, 0.25) is 5.65 Å². The van der Waals surface area contributed by atoms with E-state index in [4.69, 9.17) is 4.84 Å². The fourth-order valence-corrected chi connectivity index (χ4v) is 0.954. The van der Waals surface area contributed by atoms with Gasteiger partial charge in [-0.1, -0.05) is 4.85 Å². The minimum Gasteiger partial charge on any atom is -0.394 e. The predicted octanol–water partition coefficient (Wildman–Crippen LogP) is 0.275. The van der Waals surface area contributed by atoms with E-state index < -0.39 is 0 Å². The summed E-state index contributed by atoms with van der Waals surface area (Å²) in [4.78, 5) is 10.5. The van der Waals surface area contributed by atoms with Gasteiger partial charge in [0.05, 0.1) is 0 Å². The lowest BCUT2D eigenvalue weighted by molar-refractivity contribution is 0.0966. The van der Waals surface area contributed by atoms with Crippen LogP contribution in [0.15, 0.2) is 18.3 Å². The predicted molar refractivity (Wildman–Crippen MR) is 42.4 cm³/mol. The Labute approximate surface area is 68.9 Å². The first-order chi connectivity index (χ1) is 5.92. The minimum atomic E-state index is 0.551. The first-order valence-electron chi connectivity index (χ1n) is 3.71. The van der Waals surface area contributed by atoms with Gasteiger partial charge in [-0.05, 0) is 24.3 Å². The first-order valence-corrected chi connectivity index (χ1v) is 3.71. The van der Waals surface area contributed by atoms with Gasteiger partial charge < -0.3 is 4.84 Å². The maximum Gasteiger partial charge on any atom is 0.219 e. The van der Waals surface area contributed by atoms with E-state index in [9.17, 15) is 0 Å². The second-order valence-electron chi connectivity index (χ2n) is 2.23. The average molecular weight is 164 g/mol. The summed E-state index contributed by atoms with van der Waals surface area (Å²) in [7, 11) is 0. The summed E-state index contributed by atoms with van der Waals surface area (Å²) in [6.45, 7) is 2.44. The van der Waals surface area contributed by atoms with Crippen LogP contribution in [0.4, 0.5) is 0 Å². The van der Waals surface area contributed by atoms with Crippen LogP contribution in [-0.4, -0.2) is 26.7 Å². The van der Waals surface area contributed by atoms with Gasteiger partial charge in [-0.3, -0.25) is 0 Å². The molecule has 0 bridgehead atoms. The summed E-state index contributed by atoms with van der Waals surface area (Å²) in [6.07, 6.45) is 1.68. The molecule has 0 unspecified atom stereocenters. The summed E-state index contributed by atoms with van der Waals surface area (Å²) in [5.41, 5.74) is 1.39. The molecule has 0 fully saturated rings. The molecule has 5 heteroatoms. The largest absolute Gasteiger partial charge is 0.394 e. The molecule has 62 valence electrons. The third-order valence-electron chi connectivity index (χ3n) is 1.43. The normalized spacial score (nSPS) is 10.4. The Hall–Kier alpha value is -1.65. The molecule has 0 radical (unpaired) electrons. The van der Waals surface area contributed by atoms with Crippen LogP contribution in [-0.2, 0) is 0 Å². The van der Waals surface area contributed by atoms with Gasteiger partial charge >= 0.3 is 0 Å². The van der Waals surface area contributed by atoms with Crippen molar-refractivity contribution in [3.8, 4) is 0 Å². The van der Waals surface area contributed by atoms with Crippen molar-refractivity contribution in [1.82, 2.24) is 20.1 Å². The number of nitrogens with zero attached hydrogens (tertiary/aromatic N) is 4. The van der Waals surface area contributed by atoms with Crippen LogP contribution in [0.25, 0.3) is 11.2 Å². The fourth-order valence-electron chi connectivity index (χ4n) is 0.954. The maximum atomic E-state index is 5.14. The topological polar surface area (TPSA) is 52.8 Å². The monoisotopic (exact) mass is 164 g/mol. The van der Waals surface area contributed by atoms with E-state index in [1.165, 1.54) is 4.85 Å². The SMILES string of the molecule is CCOn1nnc2cccnc21. The zero-order valence-corrected chi connectivity index (χ0v) is 6.64. The summed E-state index contributed by atoms with van der Waals surface area (Å²) in [5, 5.41) is 7.63. The molecule has 0 aliphatic heterocycles. The third-order valence-corrected chi connectivity index (χ3v) is 1.43. The van der Waals surface area contributed by atoms with Gasteiger partial charge in [-0.25, -0.2) is 4.98 Å². The molecule has 2 rings (SSSR count). The number of aromatic nitrogens is 4. The number of pyridine rings is 1. The molecule has 0 aliphatic rings. The van der Waals surface area contributed by atoms with E-state index >= 15 is 0 Å². The van der Waals surface area contributed by atoms with Crippen molar-refractivity contribution >= 4 is 11.2 Å². The Morgan fingerprint density at radius 3 is 3.33 bits per heavy atom. The lowest BCUT2D eigenvalue weighted by Gasteiger charge is -1.98. The summed E-state index contributed by atoms with van der Waals surface area (Å²) < 4.78 is 0. The summed E-state index contributed by atoms with van der Waals surface area (Å²) in [6, 6.07) is 3.65. The quantitative estimate of drug-likeness (QED) is 0.639. The molecule has 2 aromatic rings. The van der Waals surface area contributed by atoms with Crippen molar-refractivity contribution in [1.29, 1.82) is 0 Å². The molecular weight excluding hydrogens is 156 g/mol. The molecular formula is C7H8N4O. The molecule has 2 aromatic heterocycles. The highest BCUT2D eigenvalue weighted by Gasteiger charge is 2.03. The van der Waals surface area contributed by atoms with Crippen molar-refractivity contribution < 1.29 is 4.84 Å². The van der Waals surface area contributed by atoms with Crippen LogP contribution in [0.5, 0.6) is 0 Å². The minimum absolute atomic E-state index is 0.551. The Morgan fingerprint density at radius 1 is 1.58 bits per heavy atom. The van der Waals surface area contributed by atoms with E-state index in [-0.39, 0.29) is 0 Å². The van der Waals surface area contributed by atoms with Crippen LogP contribution < -0.4 is 4.84 Å². The molecule has 0 aromatic carbocycles. The van der Waals surface area contributed by atoms with E-state index in [2.05, 4.69) is 15.3 Å². The van der Waals surface area contributed by atoms with Crippen LogP contribution in [0, 0.1) is 0 Å². The fraction of sp³-hybridized carbons (Fsp3) is 0.286. The molecule has 0 spiro atoms. The van der Waals surface area contributed by atoms with Crippen molar-refractivity contribution in [2.45, 2.75) is 6.92 Å². The molecule has 12 heavy (non-hydrogen) atoms. The average Bonchev–Trinajstić information content (AvgIpc) is 2.50. The highest BCUT2D eigenvalue weighted by molar-refractivity contribution is 5.68. The van der Waals surface area contributed by atoms with E-state index in [0.29, 0.717) is 12.3 Å². The zero-order valence-electron chi connectivity index (χ0n) is 6.64. The van der Waals surface area contributed by atoms with Gasteiger partial charge in [0.25, 0.3) is 0 Å². The molecule has 0 amide bonds. The van der Waals surface area contributed by atoms with Crippen LogP contribution >= 0.6 is 0 Å². The van der Waals surface area contributed by atoms with E-state index in [0.717, 1.165) is 5.52 Å². The number of hydrogen-bond donors (Lipinski definition) is 0. The van der Waals surface area contributed by atoms with Crippen LogP contribution in [0.1, 0.15) is 6.92 Å². The highest BCUT2D eigenvalue weighted by Crippen LogP contribution is 2.03. The van der Waals surface area contributed by atoms with Gasteiger partial charge in [-0.2, -0.15) is 0 Å². The lowest BCUT2D eigenvalue weighted by atomic mass is 10.4. The summed E-state index contributed by atoms with van der Waals surface area (Å²) >= 11 is 0. The Kier molecular flexibility index (Phi) is 1.62. The van der Waals surface area contributed by atoms with Crippen molar-refractivity contribution in [3.63, 3.8) is 0 Å². The Bertz CT molecular complexity index is 384. The molecule has 0 N–H and O–H groups in total. The molecule has 0 saturated heterocycles. The third kappa shape index (κ3) is 0.990. The van der Waals surface area contributed by atoms with Crippen molar-refractivity contribution in [3.05, 3.63) is 18.3 Å². The van der Waals surface area contributed by atoms with E-state index in [1.54, 1.807) is 6.20 Å². The van der Waals surface area contributed by atoms with Crippen LogP contribution in [0.3, 0.4) is 0 Å². The highest BCUT2D eigenvalue weighted by atomic mass is 16.7. The molecule has 0 aliphatic carbocycles. The molecule has 0 atom stereocenters. The Balaban J connectivity index is 2.55. The molecule has 5 nitrogen and oxygen atoms in total. The van der Waals surface area contributed by atoms with Gasteiger partial charge in [0.15, 0.2) is 0 Å². The van der Waals surface area contributed by atoms with Gasteiger partial charge in [-0.15, -0.1) is 5.10 Å². The van der Waals surface area contributed by atoms with Gasteiger partial charge in [0, 0.05) is 6.20 Å². The standard InChI is InChI=1S/C7H8N4O/c1-2-12-11-7-6(9-10-11)4-3-5-8-7/h3-5H,2H2,1H3. The second kappa shape index (κ2) is 2.77. The zero-order chi connectivity index (χ0) is 8.39. The lowest BCUT2D eigenvalue weighted by Crippen LogP contribution is -2.12. The molecule has 0 saturated carbocycles. The first kappa shape index (κ1) is 7.02. The molecule has 2 heterocycles. The van der Waals surface area contributed by atoms with Crippen molar-refractivity contribution in [2.75, 3.05) is 6.61 Å².